The van der Waals surface area contributed by atoms with Gasteiger partial charge in [0.1, 0.15) is 11.5 Å². The van der Waals surface area contributed by atoms with Crippen LogP contribution < -0.4 is 20.6 Å². The van der Waals surface area contributed by atoms with E-state index < -0.39 is 0 Å². The van der Waals surface area contributed by atoms with E-state index in [2.05, 4.69) is 23.2 Å². The molecule has 27 heavy (non-hydrogen) atoms. The zero-order chi connectivity index (χ0) is 19.0. The van der Waals surface area contributed by atoms with Gasteiger partial charge in [-0.05, 0) is 48.7 Å². The summed E-state index contributed by atoms with van der Waals surface area (Å²) >= 11 is 6.20. The maximum Gasteiger partial charge on any atom is 0.344 e. The number of piperazine rings is 1. The highest BCUT2D eigenvalue weighted by atomic mass is 35.5. The van der Waals surface area contributed by atoms with E-state index >= 15 is 0 Å². The number of nitrogens with one attached hydrogen (secondary N) is 1. The van der Waals surface area contributed by atoms with Crippen molar-refractivity contribution in [3.8, 4) is 17.1 Å². The molecule has 0 saturated carbocycles. The van der Waals surface area contributed by atoms with Crippen LogP contribution in [0.4, 0.5) is 5.69 Å². The van der Waals surface area contributed by atoms with E-state index in [0.717, 1.165) is 36.3 Å². The van der Waals surface area contributed by atoms with Gasteiger partial charge in [0.25, 0.3) is 0 Å². The van der Waals surface area contributed by atoms with Gasteiger partial charge in [0.15, 0.2) is 0 Å². The molecule has 140 valence electrons. The first-order valence-corrected chi connectivity index (χ1v) is 9.33. The van der Waals surface area contributed by atoms with Gasteiger partial charge in [-0.15, -0.1) is 0 Å². The van der Waals surface area contributed by atoms with Crippen molar-refractivity contribution in [1.82, 2.24) is 5.32 Å². The molecule has 0 aliphatic carbocycles. The van der Waals surface area contributed by atoms with Crippen LogP contribution in [0, 0.1) is 0 Å². The summed E-state index contributed by atoms with van der Waals surface area (Å²) in [5.41, 5.74) is 1.43. The third-order valence-corrected chi connectivity index (χ3v) is 5.21. The van der Waals surface area contributed by atoms with Crippen LogP contribution in [0.25, 0.3) is 22.1 Å². The predicted molar refractivity (Wildman–Crippen MR) is 109 cm³/mol. The Labute approximate surface area is 162 Å². The van der Waals surface area contributed by atoms with Gasteiger partial charge in [0.05, 0.1) is 17.5 Å². The van der Waals surface area contributed by atoms with Gasteiger partial charge in [0, 0.05) is 36.9 Å². The number of halogens is 1. The number of anilines is 1. The lowest BCUT2D eigenvalue weighted by molar-refractivity contribution is 0.415. The lowest BCUT2D eigenvalue weighted by atomic mass is 10.1. The van der Waals surface area contributed by atoms with Crippen LogP contribution in [0.15, 0.2) is 51.7 Å². The van der Waals surface area contributed by atoms with Gasteiger partial charge in [0.2, 0.25) is 0 Å². The van der Waals surface area contributed by atoms with Crippen LogP contribution in [0.2, 0.25) is 5.02 Å². The highest BCUT2D eigenvalue weighted by Gasteiger charge is 2.17. The molecule has 0 amide bonds. The van der Waals surface area contributed by atoms with Crippen molar-refractivity contribution in [3.63, 3.8) is 0 Å². The number of benzene rings is 2. The summed E-state index contributed by atoms with van der Waals surface area (Å²) < 4.78 is 10.8. The molecule has 1 aliphatic heterocycles. The number of fused-ring (bicyclic) bond motifs is 1. The first-order valence-electron chi connectivity index (χ1n) is 8.95. The molecular weight excluding hydrogens is 364 g/mol. The molecule has 1 aromatic heterocycles. The van der Waals surface area contributed by atoms with Gasteiger partial charge in [-0.3, -0.25) is 0 Å². The minimum Gasteiger partial charge on any atom is -0.495 e. The van der Waals surface area contributed by atoms with Gasteiger partial charge in [-0.1, -0.05) is 17.7 Å². The van der Waals surface area contributed by atoms with Gasteiger partial charge >= 0.3 is 5.63 Å². The van der Waals surface area contributed by atoms with E-state index in [9.17, 15) is 4.79 Å². The Bertz CT molecular complexity index is 1050. The van der Waals surface area contributed by atoms with Crippen molar-refractivity contribution in [2.24, 2.45) is 0 Å². The maximum atomic E-state index is 12.6. The summed E-state index contributed by atoms with van der Waals surface area (Å²) in [7, 11) is 1.56. The molecular formula is C21H21ClN2O3. The molecule has 1 aliphatic rings. The molecule has 1 unspecified atom stereocenters. The number of ether oxygens (including phenoxy) is 1. The van der Waals surface area contributed by atoms with Crippen LogP contribution in [0.1, 0.15) is 6.92 Å². The molecule has 2 heterocycles. The molecule has 1 atom stereocenters. The fraction of sp³-hybridized carbons (Fsp3) is 0.286. The Balaban J connectivity index is 1.73. The number of nitrogens with zero attached hydrogens (tertiary/aromatic N) is 1. The third kappa shape index (κ3) is 3.53. The summed E-state index contributed by atoms with van der Waals surface area (Å²) in [5, 5.41) is 5.33. The van der Waals surface area contributed by atoms with Crippen molar-refractivity contribution in [3.05, 3.63) is 57.9 Å². The standard InChI is InChI=1S/C21H21ClN2O3/c1-13-12-24(8-7-23-13)16-5-3-14-10-20(27-21(25)17(14)11-16)15-4-6-19(26-2)18(22)9-15/h3-6,9-11,13,23H,7-8,12H2,1-2H3. The molecule has 3 aromatic rings. The van der Waals surface area contributed by atoms with Crippen molar-refractivity contribution in [1.29, 1.82) is 0 Å². The second-order valence-electron chi connectivity index (χ2n) is 6.82. The molecule has 4 rings (SSSR count). The number of methoxy groups -OCH3 is 1. The van der Waals surface area contributed by atoms with E-state index in [4.69, 9.17) is 20.8 Å². The Kier molecular flexibility index (Phi) is 4.81. The van der Waals surface area contributed by atoms with Crippen molar-refractivity contribution >= 4 is 28.1 Å². The van der Waals surface area contributed by atoms with Crippen LogP contribution in [-0.2, 0) is 0 Å². The summed E-state index contributed by atoms with van der Waals surface area (Å²) in [6.45, 7) is 4.93. The highest BCUT2D eigenvalue weighted by Crippen LogP contribution is 2.31. The summed E-state index contributed by atoms with van der Waals surface area (Å²) in [4.78, 5) is 14.9. The zero-order valence-electron chi connectivity index (χ0n) is 15.3. The Morgan fingerprint density at radius 2 is 2.07 bits per heavy atom. The predicted octanol–water partition coefficient (Wildman–Crippen LogP) is 3.92. The average Bonchev–Trinajstić information content (AvgIpc) is 2.67. The fourth-order valence-corrected chi connectivity index (χ4v) is 3.76. The molecule has 1 N–H and O–H groups in total. The molecule has 0 spiro atoms. The van der Waals surface area contributed by atoms with E-state index in [1.807, 2.05) is 24.3 Å². The van der Waals surface area contributed by atoms with E-state index in [0.29, 0.717) is 28.0 Å². The number of rotatable bonds is 3. The van der Waals surface area contributed by atoms with Crippen molar-refractivity contribution < 1.29 is 9.15 Å². The van der Waals surface area contributed by atoms with Gasteiger partial charge in [-0.2, -0.15) is 0 Å². The van der Waals surface area contributed by atoms with Crippen LogP contribution in [-0.4, -0.2) is 32.8 Å². The minimum atomic E-state index is -0.348. The first kappa shape index (κ1) is 17.9. The highest BCUT2D eigenvalue weighted by molar-refractivity contribution is 6.32. The Hall–Kier alpha value is -2.50. The summed E-state index contributed by atoms with van der Waals surface area (Å²) in [6.07, 6.45) is 0. The van der Waals surface area contributed by atoms with E-state index in [-0.39, 0.29) is 5.63 Å². The lowest BCUT2D eigenvalue weighted by Gasteiger charge is -2.33. The largest absolute Gasteiger partial charge is 0.495 e. The van der Waals surface area contributed by atoms with E-state index in [1.165, 1.54) is 0 Å². The minimum absolute atomic E-state index is 0.348. The Morgan fingerprint density at radius 3 is 2.81 bits per heavy atom. The summed E-state index contributed by atoms with van der Waals surface area (Å²) in [5.74, 6) is 1.07. The Morgan fingerprint density at radius 1 is 1.22 bits per heavy atom. The third-order valence-electron chi connectivity index (χ3n) is 4.92. The molecule has 1 saturated heterocycles. The SMILES string of the molecule is COc1ccc(-c2cc3ccc(N4CCNC(C)C4)cc3c(=O)o2)cc1Cl. The van der Waals surface area contributed by atoms with Crippen LogP contribution >= 0.6 is 11.6 Å². The normalized spacial score (nSPS) is 17.3. The smallest absolute Gasteiger partial charge is 0.344 e. The second-order valence-corrected chi connectivity index (χ2v) is 7.23. The first-order chi connectivity index (χ1) is 13.0. The zero-order valence-corrected chi connectivity index (χ0v) is 16.0. The topological polar surface area (TPSA) is 54.7 Å². The number of hydrogen-bond donors (Lipinski definition) is 1. The molecule has 0 bridgehead atoms. The number of hydrogen-bond acceptors (Lipinski definition) is 5. The summed E-state index contributed by atoms with van der Waals surface area (Å²) in [6, 6.07) is 13.6. The monoisotopic (exact) mass is 384 g/mol. The average molecular weight is 385 g/mol. The van der Waals surface area contributed by atoms with E-state index in [1.54, 1.807) is 19.2 Å². The molecule has 2 aromatic carbocycles. The van der Waals surface area contributed by atoms with Crippen molar-refractivity contribution in [2.45, 2.75) is 13.0 Å². The molecule has 5 nitrogen and oxygen atoms in total. The van der Waals surface area contributed by atoms with Gasteiger partial charge in [-0.25, -0.2) is 4.79 Å². The van der Waals surface area contributed by atoms with Crippen LogP contribution in [0.3, 0.4) is 0 Å². The lowest BCUT2D eigenvalue weighted by Crippen LogP contribution is -2.49. The van der Waals surface area contributed by atoms with Crippen LogP contribution in [0.5, 0.6) is 5.75 Å². The fourth-order valence-electron chi connectivity index (χ4n) is 3.50. The quantitative estimate of drug-likeness (QED) is 0.741. The van der Waals surface area contributed by atoms with Gasteiger partial charge < -0.3 is 19.4 Å². The maximum absolute atomic E-state index is 12.6. The molecule has 0 radical (unpaired) electrons. The van der Waals surface area contributed by atoms with Crippen molar-refractivity contribution in [2.75, 3.05) is 31.6 Å². The molecule has 6 heteroatoms. The molecule has 1 fully saturated rings. The second kappa shape index (κ2) is 7.25.